The van der Waals surface area contributed by atoms with Gasteiger partial charge in [0.2, 0.25) is 6.79 Å². The van der Waals surface area contributed by atoms with Gasteiger partial charge in [-0.2, -0.15) is 0 Å². The molecule has 1 unspecified atom stereocenters. The molecule has 0 aliphatic carbocycles. The molecule has 3 heterocycles. The van der Waals surface area contributed by atoms with E-state index < -0.39 is 0 Å². The highest BCUT2D eigenvalue weighted by molar-refractivity contribution is 5.44. The maximum Gasteiger partial charge on any atom is 0.231 e. The van der Waals surface area contributed by atoms with Crippen LogP contribution < -0.4 is 9.47 Å². The highest BCUT2D eigenvalue weighted by atomic mass is 16.7. The number of piperazine rings is 1. The Hall–Kier alpha value is -1.30. The van der Waals surface area contributed by atoms with Crippen molar-refractivity contribution in [2.24, 2.45) is 5.92 Å². The molecule has 3 aliphatic heterocycles. The van der Waals surface area contributed by atoms with E-state index in [0.717, 1.165) is 43.1 Å². The normalized spacial score (nSPS) is 25.1. The fourth-order valence-corrected chi connectivity index (χ4v) is 4.60. The third-order valence-electron chi connectivity index (χ3n) is 5.87. The lowest BCUT2D eigenvalue weighted by Gasteiger charge is -2.43. The summed E-state index contributed by atoms with van der Waals surface area (Å²) in [5.41, 5.74) is 1.32. The number of hydrogen-bond donors (Lipinski definition) is 0. The zero-order valence-electron chi connectivity index (χ0n) is 16.3. The summed E-state index contributed by atoms with van der Waals surface area (Å²) in [6, 6.07) is 7.11. The maximum atomic E-state index is 5.51. The Balaban J connectivity index is 1.26. The van der Waals surface area contributed by atoms with Crippen LogP contribution >= 0.6 is 0 Å². The largest absolute Gasteiger partial charge is 0.454 e. The van der Waals surface area contributed by atoms with Crippen LogP contribution in [0.4, 0.5) is 0 Å². The Bertz CT molecular complexity index is 599. The number of nitrogens with zero attached hydrogens (tertiary/aromatic N) is 3. The van der Waals surface area contributed by atoms with Gasteiger partial charge in [-0.3, -0.25) is 9.80 Å². The fourth-order valence-electron chi connectivity index (χ4n) is 4.60. The first-order chi connectivity index (χ1) is 12.7. The van der Waals surface area contributed by atoms with Gasteiger partial charge in [-0.15, -0.1) is 0 Å². The zero-order chi connectivity index (χ0) is 17.9. The van der Waals surface area contributed by atoms with Gasteiger partial charge in [-0.05, 0) is 43.0 Å². The molecule has 2 saturated heterocycles. The maximum absolute atomic E-state index is 5.51. The average molecular weight is 360 g/mol. The number of hydrogen-bond acceptors (Lipinski definition) is 5. The van der Waals surface area contributed by atoms with Crippen LogP contribution in [-0.4, -0.2) is 73.3 Å². The van der Waals surface area contributed by atoms with Crippen molar-refractivity contribution in [3.63, 3.8) is 0 Å². The first kappa shape index (κ1) is 18.1. The molecule has 3 aliphatic rings. The lowest BCUT2D eigenvalue weighted by molar-refractivity contribution is 0.0468. The SMILES string of the molecule is CC(C)CN1CCCC(N2CCN(Cc3ccc4c(c3)OCO4)CC2)C1. The van der Waals surface area contributed by atoms with E-state index in [2.05, 4.69) is 40.7 Å². The second-order valence-corrected chi connectivity index (χ2v) is 8.45. The highest BCUT2D eigenvalue weighted by Gasteiger charge is 2.28. The molecule has 0 N–H and O–H groups in total. The van der Waals surface area contributed by atoms with E-state index in [-0.39, 0.29) is 0 Å². The van der Waals surface area contributed by atoms with Crippen molar-refractivity contribution in [1.82, 2.24) is 14.7 Å². The molecule has 0 spiro atoms. The predicted molar refractivity (Wildman–Crippen MR) is 104 cm³/mol. The molecule has 1 atom stereocenters. The summed E-state index contributed by atoms with van der Waals surface area (Å²) in [4.78, 5) is 7.99. The zero-order valence-corrected chi connectivity index (χ0v) is 16.3. The van der Waals surface area contributed by atoms with Crippen molar-refractivity contribution in [1.29, 1.82) is 0 Å². The van der Waals surface area contributed by atoms with Gasteiger partial charge in [0.25, 0.3) is 0 Å². The third-order valence-corrected chi connectivity index (χ3v) is 5.87. The summed E-state index contributed by atoms with van der Waals surface area (Å²) in [6.45, 7) is 14.6. The van der Waals surface area contributed by atoms with E-state index >= 15 is 0 Å². The second kappa shape index (κ2) is 8.15. The van der Waals surface area contributed by atoms with Crippen LogP contribution in [0.25, 0.3) is 0 Å². The van der Waals surface area contributed by atoms with Crippen LogP contribution in [0.1, 0.15) is 32.3 Å². The lowest BCUT2D eigenvalue weighted by atomic mass is 10.0. The van der Waals surface area contributed by atoms with Crippen LogP contribution in [0.5, 0.6) is 11.5 Å². The van der Waals surface area contributed by atoms with Gasteiger partial charge >= 0.3 is 0 Å². The van der Waals surface area contributed by atoms with Crippen LogP contribution in [0, 0.1) is 5.92 Å². The van der Waals surface area contributed by atoms with Crippen LogP contribution in [0.3, 0.4) is 0 Å². The summed E-state index contributed by atoms with van der Waals surface area (Å²) in [7, 11) is 0. The summed E-state index contributed by atoms with van der Waals surface area (Å²) < 4.78 is 10.9. The van der Waals surface area contributed by atoms with Gasteiger partial charge in [0.1, 0.15) is 0 Å². The number of likely N-dealkylation sites (tertiary alicyclic amines) is 1. The molecule has 0 radical (unpaired) electrons. The van der Waals surface area contributed by atoms with Crippen LogP contribution in [-0.2, 0) is 6.54 Å². The molecular weight excluding hydrogens is 326 g/mol. The van der Waals surface area contributed by atoms with E-state index in [1.54, 1.807) is 0 Å². The minimum absolute atomic E-state index is 0.354. The first-order valence-corrected chi connectivity index (χ1v) is 10.2. The summed E-state index contributed by atoms with van der Waals surface area (Å²) in [5, 5.41) is 0. The Labute approximate surface area is 157 Å². The van der Waals surface area contributed by atoms with E-state index in [1.165, 1.54) is 51.1 Å². The number of rotatable bonds is 5. The molecular formula is C21H33N3O2. The van der Waals surface area contributed by atoms with Gasteiger partial charge in [0.05, 0.1) is 0 Å². The molecule has 1 aromatic carbocycles. The molecule has 1 aromatic rings. The molecule has 144 valence electrons. The third kappa shape index (κ3) is 4.33. The van der Waals surface area contributed by atoms with Crippen molar-refractivity contribution in [3.05, 3.63) is 23.8 Å². The summed E-state index contributed by atoms with van der Waals surface area (Å²) in [6.07, 6.45) is 2.73. The van der Waals surface area contributed by atoms with Gasteiger partial charge in [0.15, 0.2) is 11.5 Å². The molecule has 0 bridgehead atoms. The lowest BCUT2D eigenvalue weighted by Crippen LogP contribution is -2.55. The van der Waals surface area contributed by atoms with Crippen LogP contribution in [0.2, 0.25) is 0 Å². The van der Waals surface area contributed by atoms with E-state index in [0.29, 0.717) is 6.79 Å². The standard InChI is InChI=1S/C21H33N3O2/c1-17(2)13-23-7-3-4-19(15-23)24-10-8-22(9-11-24)14-18-5-6-20-21(12-18)26-16-25-20/h5-6,12,17,19H,3-4,7-11,13-16H2,1-2H3. The number of benzene rings is 1. The number of ether oxygens (including phenoxy) is 2. The fraction of sp³-hybridized carbons (Fsp3) is 0.714. The number of fused-ring (bicyclic) bond motifs is 1. The van der Waals surface area contributed by atoms with Gasteiger partial charge in [-0.1, -0.05) is 19.9 Å². The second-order valence-electron chi connectivity index (χ2n) is 8.45. The minimum atomic E-state index is 0.354. The summed E-state index contributed by atoms with van der Waals surface area (Å²) in [5.74, 6) is 2.54. The molecule has 5 heteroatoms. The topological polar surface area (TPSA) is 28.2 Å². The van der Waals surface area contributed by atoms with Gasteiger partial charge in [0, 0.05) is 51.9 Å². The molecule has 26 heavy (non-hydrogen) atoms. The predicted octanol–water partition coefficient (Wildman–Crippen LogP) is 2.65. The van der Waals surface area contributed by atoms with E-state index in [9.17, 15) is 0 Å². The Morgan fingerprint density at radius 1 is 1.00 bits per heavy atom. The Morgan fingerprint density at radius 3 is 2.62 bits per heavy atom. The molecule has 4 rings (SSSR count). The van der Waals surface area contributed by atoms with E-state index in [1.807, 2.05) is 6.07 Å². The molecule has 0 saturated carbocycles. The van der Waals surface area contributed by atoms with Crippen molar-refractivity contribution in [3.8, 4) is 11.5 Å². The summed E-state index contributed by atoms with van der Waals surface area (Å²) >= 11 is 0. The van der Waals surface area contributed by atoms with Crippen molar-refractivity contribution >= 4 is 0 Å². The van der Waals surface area contributed by atoms with Crippen molar-refractivity contribution < 1.29 is 9.47 Å². The van der Waals surface area contributed by atoms with Gasteiger partial charge < -0.3 is 14.4 Å². The molecule has 0 amide bonds. The Kier molecular flexibility index (Phi) is 5.67. The average Bonchev–Trinajstić information content (AvgIpc) is 3.10. The highest BCUT2D eigenvalue weighted by Crippen LogP contribution is 2.33. The van der Waals surface area contributed by atoms with Crippen LogP contribution in [0.15, 0.2) is 18.2 Å². The Morgan fingerprint density at radius 2 is 1.81 bits per heavy atom. The number of piperidine rings is 1. The van der Waals surface area contributed by atoms with Crippen molar-refractivity contribution in [2.75, 3.05) is 52.6 Å². The first-order valence-electron chi connectivity index (χ1n) is 10.2. The van der Waals surface area contributed by atoms with Gasteiger partial charge in [-0.25, -0.2) is 0 Å². The smallest absolute Gasteiger partial charge is 0.231 e. The molecule has 2 fully saturated rings. The molecule has 5 nitrogen and oxygen atoms in total. The monoisotopic (exact) mass is 359 g/mol. The van der Waals surface area contributed by atoms with E-state index in [4.69, 9.17) is 9.47 Å². The quantitative estimate of drug-likeness (QED) is 0.806. The van der Waals surface area contributed by atoms with Crippen molar-refractivity contribution in [2.45, 2.75) is 39.3 Å². The minimum Gasteiger partial charge on any atom is -0.454 e. The molecule has 0 aromatic heterocycles.